The van der Waals surface area contributed by atoms with Crippen LogP contribution in [0.1, 0.15) is 13.8 Å². The van der Waals surface area contributed by atoms with Gasteiger partial charge in [-0.25, -0.2) is 0 Å². The first-order chi connectivity index (χ1) is 9.27. The van der Waals surface area contributed by atoms with Crippen LogP contribution in [-0.4, -0.2) is 40.0 Å². The Kier molecular flexibility index (Phi) is 8.02. The number of hydrogen-bond acceptors (Lipinski definition) is 4. The van der Waals surface area contributed by atoms with Gasteiger partial charge in [-0.2, -0.15) is 0 Å². The Morgan fingerprint density at radius 3 is 2.47 bits per heavy atom. The molecule has 0 aliphatic carbocycles. The molecule has 4 nitrogen and oxygen atoms in total. The number of ether oxygens (including phenoxy) is 3. The number of methoxy groups -OCH3 is 1. The Hall–Kier alpha value is -1.26. The number of nitrogens with one attached hydrogen (secondary N) is 1. The van der Waals surface area contributed by atoms with Gasteiger partial charge in [-0.05, 0) is 25.0 Å². The fraction of sp³-hybridized carbons (Fsp3) is 0.600. The van der Waals surface area contributed by atoms with E-state index in [1.54, 1.807) is 7.11 Å². The van der Waals surface area contributed by atoms with Crippen molar-refractivity contribution < 1.29 is 14.2 Å². The molecule has 1 atom stereocenters. The van der Waals surface area contributed by atoms with E-state index in [-0.39, 0.29) is 0 Å². The summed E-state index contributed by atoms with van der Waals surface area (Å²) in [6.07, 6.45) is 0. The van der Waals surface area contributed by atoms with Crippen LogP contribution >= 0.6 is 0 Å². The Bertz CT molecular complexity index is 344. The molecule has 0 fully saturated rings. The molecule has 4 heteroatoms. The second-order valence-electron chi connectivity index (χ2n) is 4.49. The summed E-state index contributed by atoms with van der Waals surface area (Å²) in [5.74, 6) is 2.12. The molecule has 19 heavy (non-hydrogen) atoms. The fourth-order valence-electron chi connectivity index (χ4n) is 1.77. The van der Waals surface area contributed by atoms with Crippen molar-refractivity contribution in [1.82, 2.24) is 5.32 Å². The van der Waals surface area contributed by atoms with E-state index in [0.29, 0.717) is 19.1 Å². The number of para-hydroxylation sites is 2. The summed E-state index contributed by atoms with van der Waals surface area (Å²) in [6.45, 7) is 7.92. The molecule has 1 aromatic carbocycles. The van der Waals surface area contributed by atoms with Crippen molar-refractivity contribution in [2.24, 2.45) is 5.92 Å². The normalized spacial score (nSPS) is 12.2. The van der Waals surface area contributed by atoms with Gasteiger partial charge in [-0.1, -0.05) is 19.1 Å². The van der Waals surface area contributed by atoms with Crippen molar-refractivity contribution in [2.45, 2.75) is 13.8 Å². The number of hydrogen-bond donors (Lipinski definition) is 1. The highest BCUT2D eigenvalue weighted by Gasteiger charge is 2.03. The molecular weight excluding hydrogens is 242 g/mol. The van der Waals surface area contributed by atoms with Crippen molar-refractivity contribution >= 4 is 0 Å². The van der Waals surface area contributed by atoms with Gasteiger partial charge in [-0.3, -0.25) is 0 Å². The van der Waals surface area contributed by atoms with Gasteiger partial charge in [0.25, 0.3) is 0 Å². The topological polar surface area (TPSA) is 39.7 Å². The van der Waals surface area contributed by atoms with Crippen molar-refractivity contribution in [3.63, 3.8) is 0 Å². The third-order valence-corrected chi connectivity index (χ3v) is 2.63. The largest absolute Gasteiger partial charge is 0.490 e. The molecule has 0 spiro atoms. The average molecular weight is 267 g/mol. The first-order valence-corrected chi connectivity index (χ1v) is 6.82. The molecule has 0 aliphatic heterocycles. The van der Waals surface area contributed by atoms with Gasteiger partial charge < -0.3 is 19.5 Å². The van der Waals surface area contributed by atoms with E-state index in [0.717, 1.165) is 31.2 Å². The van der Waals surface area contributed by atoms with E-state index in [2.05, 4.69) is 12.2 Å². The van der Waals surface area contributed by atoms with Gasteiger partial charge in [0.2, 0.25) is 0 Å². The first-order valence-electron chi connectivity index (χ1n) is 6.82. The van der Waals surface area contributed by atoms with Crippen molar-refractivity contribution in [3.8, 4) is 11.5 Å². The van der Waals surface area contributed by atoms with Crippen LogP contribution in [0.4, 0.5) is 0 Å². The molecule has 0 radical (unpaired) electrons. The zero-order chi connectivity index (χ0) is 13.9. The smallest absolute Gasteiger partial charge is 0.161 e. The maximum atomic E-state index is 5.71. The highest BCUT2D eigenvalue weighted by molar-refractivity contribution is 5.39. The zero-order valence-corrected chi connectivity index (χ0v) is 12.1. The van der Waals surface area contributed by atoms with Gasteiger partial charge in [0.05, 0.1) is 6.61 Å². The van der Waals surface area contributed by atoms with Crippen molar-refractivity contribution in [2.75, 3.05) is 40.0 Å². The van der Waals surface area contributed by atoms with Crippen LogP contribution in [0.5, 0.6) is 11.5 Å². The molecule has 1 aromatic rings. The maximum absolute atomic E-state index is 5.71. The van der Waals surface area contributed by atoms with Crippen molar-refractivity contribution in [1.29, 1.82) is 0 Å². The lowest BCUT2D eigenvalue weighted by Crippen LogP contribution is -2.27. The molecule has 0 heterocycles. The van der Waals surface area contributed by atoms with E-state index in [4.69, 9.17) is 14.2 Å². The van der Waals surface area contributed by atoms with Gasteiger partial charge in [-0.15, -0.1) is 0 Å². The standard InChI is InChI=1S/C15H25NO3/c1-4-18-14-7-5-6-8-15(14)19-10-9-16-11-13(2)12-17-3/h5-8,13,16H,4,9-12H2,1-3H3. The highest BCUT2D eigenvalue weighted by Crippen LogP contribution is 2.25. The first kappa shape index (κ1) is 15.8. The van der Waals surface area contributed by atoms with Gasteiger partial charge >= 0.3 is 0 Å². The van der Waals surface area contributed by atoms with Crippen LogP contribution in [0.2, 0.25) is 0 Å². The Labute approximate surface area is 116 Å². The minimum absolute atomic E-state index is 0.515. The third-order valence-electron chi connectivity index (χ3n) is 2.63. The predicted molar refractivity (Wildman–Crippen MR) is 77.0 cm³/mol. The van der Waals surface area contributed by atoms with Crippen LogP contribution in [0.3, 0.4) is 0 Å². The quantitative estimate of drug-likeness (QED) is 0.661. The van der Waals surface area contributed by atoms with Gasteiger partial charge in [0, 0.05) is 26.8 Å². The number of benzene rings is 1. The lowest BCUT2D eigenvalue weighted by Gasteiger charge is -2.13. The van der Waals surface area contributed by atoms with Crippen LogP contribution in [0.25, 0.3) is 0 Å². The fourth-order valence-corrected chi connectivity index (χ4v) is 1.77. The predicted octanol–water partition coefficient (Wildman–Crippen LogP) is 2.34. The monoisotopic (exact) mass is 267 g/mol. The summed E-state index contributed by atoms with van der Waals surface area (Å²) in [5, 5.41) is 3.35. The van der Waals surface area contributed by atoms with Crippen molar-refractivity contribution in [3.05, 3.63) is 24.3 Å². The molecule has 0 aromatic heterocycles. The lowest BCUT2D eigenvalue weighted by atomic mass is 10.2. The molecule has 0 saturated carbocycles. The molecule has 0 aliphatic rings. The van der Waals surface area contributed by atoms with E-state index >= 15 is 0 Å². The Morgan fingerprint density at radius 1 is 1.16 bits per heavy atom. The zero-order valence-electron chi connectivity index (χ0n) is 12.1. The van der Waals surface area contributed by atoms with E-state index in [9.17, 15) is 0 Å². The summed E-state index contributed by atoms with van der Waals surface area (Å²) in [7, 11) is 1.73. The SMILES string of the molecule is CCOc1ccccc1OCCNCC(C)COC. The molecular formula is C15H25NO3. The summed E-state index contributed by atoms with van der Waals surface area (Å²) in [6, 6.07) is 7.75. The van der Waals surface area contributed by atoms with Crippen LogP contribution in [0, 0.1) is 5.92 Å². The van der Waals surface area contributed by atoms with Gasteiger partial charge in [0.15, 0.2) is 11.5 Å². The van der Waals surface area contributed by atoms with Crippen LogP contribution in [-0.2, 0) is 4.74 Å². The van der Waals surface area contributed by atoms with E-state index < -0.39 is 0 Å². The lowest BCUT2D eigenvalue weighted by molar-refractivity contribution is 0.157. The second-order valence-corrected chi connectivity index (χ2v) is 4.49. The minimum atomic E-state index is 0.515. The van der Waals surface area contributed by atoms with E-state index in [1.807, 2.05) is 31.2 Å². The molecule has 0 bridgehead atoms. The maximum Gasteiger partial charge on any atom is 0.161 e. The van der Waals surface area contributed by atoms with Gasteiger partial charge in [0.1, 0.15) is 6.61 Å². The second kappa shape index (κ2) is 9.64. The van der Waals surface area contributed by atoms with E-state index in [1.165, 1.54) is 0 Å². The summed E-state index contributed by atoms with van der Waals surface area (Å²) in [5.41, 5.74) is 0. The average Bonchev–Trinajstić information content (AvgIpc) is 2.41. The molecule has 0 saturated heterocycles. The summed E-state index contributed by atoms with van der Waals surface area (Å²) in [4.78, 5) is 0. The Morgan fingerprint density at radius 2 is 1.84 bits per heavy atom. The highest BCUT2D eigenvalue weighted by atomic mass is 16.5. The molecule has 1 unspecified atom stereocenters. The molecule has 1 N–H and O–H groups in total. The molecule has 0 amide bonds. The number of rotatable bonds is 10. The van der Waals surface area contributed by atoms with Crippen LogP contribution in [0.15, 0.2) is 24.3 Å². The molecule has 108 valence electrons. The Balaban J connectivity index is 2.22. The third kappa shape index (κ3) is 6.45. The summed E-state index contributed by atoms with van der Waals surface area (Å²) >= 11 is 0. The molecule has 1 rings (SSSR count). The minimum Gasteiger partial charge on any atom is -0.490 e. The van der Waals surface area contributed by atoms with Crippen LogP contribution < -0.4 is 14.8 Å². The summed E-state index contributed by atoms with van der Waals surface area (Å²) < 4.78 is 16.3.